The third-order valence-electron chi connectivity index (χ3n) is 4.05. The summed E-state index contributed by atoms with van der Waals surface area (Å²) in [6.07, 6.45) is -4.60. The highest BCUT2D eigenvalue weighted by atomic mass is 19.4. The Bertz CT molecular complexity index is 587. The van der Waals surface area contributed by atoms with Gasteiger partial charge in [-0.05, 0) is 26.1 Å². The van der Waals surface area contributed by atoms with Crippen molar-refractivity contribution in [2.45, 2.75) is 19.1 Å². The smallest absolute Gasteiger partial charge is 0.376 e. The van der Waals surface area contributed by atoms with Gasteiger partial charge in [0.05, 0.1) is 10.5 Å². The molecule has 1 aliphatic heterocycles. The van der Waals surface area contributed by atoms with E-state index in [1.54, 1.807) is 0 Å². The molecule has 6 nitrogen and oxygen atoms in total. The van der Waals surface area contributed by atoms with Gasteiger partial charge in [-0.25, -0.2) is 0 Å². The van der Waals surface area contributed by atoms with Crippen LogP contribution in [0.15, 0.2) is 18.2 Å². The second-order valence-electron chi connectivity index (χ2n) is 6.14. The Balaban J connectivity index is 2.06. The normalized spacial score (nSPS) is 18.4. The number of nitrogens with zero attached hydrogens (tertiary/aromatic N) is 3. The zero-order chi connectivity index (χ0) is 17.9. The molecule has 0 amide bonds. The summed E-state index contributed by atoms with van der Waals surface area (Å²) in [5.74, 6) is 0. The fourth-order valence-corrected chi connectivity index (χ4v) is 2.71. The van der Waals surface area contributed by atoms with Crippen LogP contribution in [-0.2, 0) is 6.18 Å². The number of nitrogens with one attached hydrogen (secondary N) is 1. The molecular formula is C15H21F3N4O2. The van der Waals surface area contributed by atoms with Gasteiger partial charge < -0.3 is 10.2 Å². The monoisotopic (exact) mass is 346 g/mol. The Labute approximate surface area is 138 Å². The average Bonchev–Trinajstić information content (AvgIpc) is 2.48. The van der Waals surface area contributed by atoms with Crippen molar-refractivity contribution >= 4 is 11.4 Å². The molecule has 24 heavy (non-hydrogen) atoms. The van der Waals surface area contributed by atoms with Crippen molar-refractivity contribution in [3.8, 4) is 0 Å². The minimum atomic E-state index is -4.60. The van der Waals surface area contributed by atoms with Crippen LogP contribution < -0.4 is 5.32 Å². The molecule has 1 N–H and O–H groups in total. The molecule has 1 unspecified atom stereocenters. The molecule has 1 aromatic carbocycles. The van der Waals surface area contributed by atoms with E-state index in [-0.39, 0.29) is 11.7 Å². The van der Waals surface area contributed by atoms with E-state index in [2.05, 4.69) is 15.1 Å². The van der Waals surface area contributed by atoms with Crippen LogP contribution in [0.1, 0.15) is 12.5 Å². The van der Waals surface area contributed by atoms with Crippen LogP contribution in [0.3, 0.4) is 0 Å². The van der Waals surface area contributed by atoms with Crippen molar-refractivity contribution in [3.63, 3.8) is 0 Å². The van der Waals surface area contributed by atoms with Gasteiger partial charge in [-0.3, -0.25) is 15.0 Å². The van der Waals surface area contributed by atoms with E-state index >= 15 is 0 Å². The zero-order valence-corrected chi connectivity index (χ0v) is 13.6. The SMILES string of the molecule is CC(CN1CCN(C)CC1)Nc1ccc(C(F)(F)F)cc1[N+](=O)[O-]. The molecule has 1 heterocycles. The summed E-state index contributed by atoms with van der Waals surface area (Å²) in [6.45, 7) is 6.24. The third kappa shape index (κ3) is 4.81. The maximum Gasteiger partial charge on any atom is 0.416 e. The lowest BCUT2D eigenvalue weighted by Crippen LogP contribution is -2.47. The Hall–Kier alpha value is -1.87. The molecule has 9 heteroatoms. The second-order valence-corrected chi connectivity index (χ2v) is 6.14. The molecule has 134 valence electrons. The van der Waals surface area contributed by atoms with Gasteiger partial charge in [0, 0.05) is 44.8 Å². The molecule has 1 aliphatic rings. The first-order valence-corrected chi connectivity index (χ1v) is 7.70. The van der Waals surface area contributed by atoms with Crippen LogP contribution >= 0.6 is 0 Å². The van der Waals surface area contributed by atoms with Crippen molar-refractivity contribution in [3.05, 3.63) is 33.9 Å². The molecule has 0 aromatic heterocycles. The van der Waals surface area contributed by atoms with Crippen molar-refractivity contribution in [2.75, 3.05) is 45.1 Å². The number of piperazine rings is 1. The molecular weight excluding hydrogens is 325 g/mol. The summed E-state index contributed by atoms with van der Waals surface area (Å²) in [6, 6.07) is 2.44. The first kappa shape index (κ1) is 18.5. The lowest BCUT2D eigenvalue weighted by atomic mass is 10.1. The van der Waals surface area contributed by atoms with E-state index in [0.29, 0.717) is 12.6 Å². The van der Waals surface area contributed by atoms with Gasteiger partial charge in [0.25, 0.3) is 5.69 Å². The average molecular weight is 346 g/mol. The number of benzene rings is 1. The Kier molecular flexibility index (Phi) is 5.66. The molecule has 0 aliphatic carbocycles. The number of anilines is 1. The fourth-order valence-electron chi connectivity index (χ4n) is 2.71. The number of alkyl halides is 3. The molecule has 1 saturated heterocycles. The van der Waals surface area contributed by atoms with Gasteiger partial charge in [0.2, 0.25) is 0 Å². The number of halogens is 3. The van der Waals surface area contributed by atoms with Gasteiger partial charge in [0.15, 0.2) is 0 Å². The summed E-state index contributed by atoms with van der Waals surface area (Å²) in [5.41, 5.74) is -1.48. The molecule has 1 fully saturated rings. The number of likely N-dealkylation sites (N-methyl/N-ethyl adjacent to an activating group) is 1. The van der Waals surface area contributed by atoms with Crippen LogP contribution in [0.2, 0.25) is 0 Å². The Morgan fingerprint density at radius 1 is 1.29 bits per heavy atom. The lowest BCUT2D eigenvalue weighted by molar-refractivity contribution is -0.384. The second kappa shape index (κ2) is 7.35. The van der Waals surface area contributed by atoms with E-state index in [1.807, 2.05) is 14.0 Å². The van der Waals surface area contributed by atoms with Crippen LogP contribution in [0.25, 0.3) is 0 Å². The summed E-state index contributed by atoms with van der Waals surface area (Å²) in [5, 5.41) is 14.1. The predicted molar refractivity (Wildman–Crippen MR) is 85.1 cm³/mol. The Morgan fingerprint density at radius 2 is 1.92 bits per heavy atom. The predicted octanol–water partition coefficient (Wildman–Crippen LogP) is 2.66. The van der Waals surface area contributed by atoms with Crippen molar-refractivity contribution in [2.24, 2.45) is 0 Å². The summed E-state index contributed by atoms with van der Waals surface area (Å²) >= 11 is 0. The summed E-state index contributed by atoms with van der Waals surface area (Å²) in [7, 11) is 2.05. The highest BCUT2D eigenvalue weighted by molar-refractivity contribution is 5.63. The maximum atomic E-state index is 12.7. The topological polar surface area (TPSA) is 61.6 Å². The maximum absolute atomic E-state index is 12.7. The van der Waals surface area contributed by atoms with Gasteiger partial charge >= 0.3 is 6.18 Å². The van der Waals surface area contributed by atoms with E-state index < -0.39 is 22.4 Å². The number of hydrogen-bond acceptors (Lipinski definition) is 5. The van der Waals surface area contributed by atoms with Crippen LogP contribution in [0, 0.1) is 10.1 Å². The highest BCUT2D eigenvalue weighted by Crippen LogP contribution is 2.35. The molecule has 0 spiro atoms. The van der Waals surface area contributed by atoms with Gasteiger partial charge in [-0.2, -0.15) is 13.2 Å². The Morgan fingerprint density at radius 3 is 2.46 bits per heavy atom. The van der Waals surface area contributed by atoms with Crippen LogP contribution in [0.5, 0.6) is 0 Å². The first-order valence-electron chi connectivity index (χ1n) is 7.70. The largest absolute Gasteiger partial charge is 0.416 e. The molecule has 1 atom stereocenters. The van der Waals surface area contributed by atoms with Gasteiger partial charge in [-0.15, -0.1) is 0 Å². The van der Waals surface area contributed by atoms with Gasteiger partial charge in [0.1, 0.15) is 5.69 Å². The van der Waals surface area contributed by atoms with E-state index in [4.69, 9.17) is 0 Å². The van der Waals surface area contributed by atoms with E-state index in [0.717, 1.165) is 38.3 Å². The summed E-state index contributed by atoms with van der Waals surface area (Å²) in [4.78, 5) is 14.7. The fraction of sp³-hybridized carbons (Fsp3) is 0.600. The summed E-state index contributed by atoms with van der Waals surface area (Å²) < 4.78 is 38.1. The minimum Gasteiger partial charge on any atom is -0.376 e. The lowest BCUT2D eigenvalue weighted by Gasteiger charge is -2.34. The quantitative estimate of drug-likeness (QED) is 0.656. The number of rotatable bonds is 5. The highest BCUT2D eigenvalue weighted by Gasteiger charge is 2.33. The number of nitro groups is 1. The number of nitro benzene ring substituents is 1. The molecule has 0 bridgehead atoms. The molecule has 2 rings (SSSR count). The minimum absolute atomic E-state index is 0.106. The zero-order valence-electron chi connectivity index (χ0n) is 13.6. The first-order chi connectivity index (χ1) is 11.2. The third-order valence-corrected chi connectivity index (χ3v) is 4.05. The van der Waals surface area contributed by atoms with Gasteiger partial charge in [-0.1, -0.05) is 0 Å². The van der Waals surface area contributed by atoms with Crippen LogP contribution in [-0.4, -0.2) is 60.5 Å². The molecule has 0 saturated carbocycles. The van der Waals surface area contributed by atoms with Crippen molar-refractivity contribution < 1.29 is 18.1 Å². The standard InChI is InChI=1S/C15H21F3N4O2/c1-11(10-21-7-5-20(2)6-8-21)19-13-4-3-12(15(16,17)18)9-14(13)22(23)24/h3-4,9,11,19H,5-8,10H2,1-2H3. The number of hydrogen-bond donors (Lipinski definition) is 1. The van der Waals surface area contributed by atoms with Crippen molar-refractivity contribution in [1.82, 2.24) is 9.80 Å². The van der Waals surface area contributed by atoms with Crippen molar-refractivity contribution in [1.29, 1.82) is 0 Å². The van der Waals surface area contributed by atoms with Crippen LogP contribution in [0.4, 0.5) is 24.5 Å². The molecule has 0 radical (unpaired) electrons. The van der Waals surface area contributed by atoms with E-state index in [9.17, 15) is 23.3 Å². The van der Waals surface area contributed by atoms with E-state index in [1.165, 1.54) is 0 Å². The molecule has 1 aromatic rings.